The van der Waals surface area contributed by atoms with Crippen LogP contribution in [0.1, 0.15) is 14.5 Å². The Morgan fingerprint density at radius 1 is 1.33 bits per heavy atom. The smallest absolute Gasteiger partial charge is 0.264 e. The van der Waals surface area contributed by atoms with Crippen LogP contribution in [0.5, 0.6) is 0 Å². The van der Waals surface area contributed by atoms with Gasteiger partial charge in [-0.25, -0.2) is 0 Å². The lowest BCUT2D eigenvalue weighted by atomic mass is 10.4. The maximum atomic E-state index is 12.2. The van der Waals surface area contributed by atoms with E-state index in [4.69, 9.17) is 0 Å². The standard InChI is InChI=1S/C11H8Br3NOS2/c1-15(4-7-2-6(12)5-17-7)11(16)9-3-8(13)10(14)18-9/h2-3,5H,4H2,1H3. The number of hydrogen-bond acceptors (Lipinski definition) is 3. The molecule has 0 bridgehead atoms. The zero-order chi connectivity index (χ0) is 13.3. The molecule has 0 radical (unpaired) electrons. The molecule has 1 amide bonds. The van der Waals surface area contributed by atoms with Gasteiger partial charge in [-0.15, -0.1) is 22.7 Å². The van der Waals surface area contributed by atoms with Gasteiger partial charge in [0.25, 0.3) is 5.91 Å². The minimum atomic E-state index is 0.0379. The van der Waals surface area contributed by atoms with E-state index in [2.05, 4.69) is 47.8 Å². The fourth-order valence-corrected chi connectivity index (χ4v) is 4.92. The molecule has 0 N–H and O–H groups in total. The lowest BCUT2D eigenvalue weighted by Gasteiger charge is -2.14. The van der Waals surface area contributed by atoms with E-state index in [0.29, 0.717) is 6.54 Å². The average molecular weight is 474 g/mol. The number of thiophene rings is 2. The molecule has 2 heterocycles. The van der Waals surface area contributed by atoms with Gasteiger partial charge in [-0.3, -0.25) is 4.79 Å². The molecule has 18 heavy (non-hydrogen) atoms. The van der Waals surface area contributed by atoms with Crippen molar-refractivity contribution in [1.82, 2.24) is 4.90 Å². The Hall–Kier alpha value is 0.310. The van der Waals surface area contributed by atoms with Gasteiger partial charge in [-0.1, -0.05) is 0 Å². The van der Waals surface area contributed by atoms with Gasteiger partial charge < -0.3 is 4.90 Å². The second-order valence-electron chi connectivity index (χ2n) is 3.62. The molecule has 0 aliphatic heterocycles. The molecule has 96 valence electrons. The summed E-state index contributed by atoms with van der Waals surface area (Å²) in [6.45, 7) is 0.627. The maximum Gasteiger partial charge on any atom is 0.264 e. The number of amides is 1. The monoisotopic (exact) mass is 471 g/mol. The van der Waals surface area contributed by atoms with E-state index >= 15 is 0 Å². The number of nitrogens with zero attached hydrogens (tertiary/aromatic N) is 1. The Bertz CT molecular complexity index is 559. The minimum absolute atomic E-state index is 0.0379. The van der Waals surface area contributed by atoms with Crippen LogP contribution in [0.2, 0.25) is 0 Å². The first-order valence-electron chi connectivity index (χ1n) is 4.90. The van der Waals surface area contributed by atoms with Crippen molar-refractivity contribution >= 4 is 76.4 Å². The summed E-state index contributed by atoms with van der Waals surface area (Å²) in [5.74, 6) is 0.0379. The maximum absolute atomic E-state index is 12.2. The lowest BCUT2D eigenvalue weighted by Crippen LogP contribution is -2.24. The summed E-state index contributed by atoms with van der Waals surface area (Å²) >= 11 is 13.3. The second kappa shape index (κ2) is 6.17. The van der Waals surface area contributed by atoms with Gasteiger partial charge in [-0.05, 0) is 59.9 Å². The molecule has 2 aromatic rings. The minimum Gasteiger partial charge on any atom is -0.336 e. The highest BCUT2D eigenvalue weighted by Crippen LogP contribution is 2.33. The van der Waals surface area contributed by atoms with Gasteiger partial charge in [0.1, 0.15) is 0 Å². The molecule has 2 nitrogen and oxygen atoms in total. The zero-order valence-corrected chi connectivity index (χ0v) is 15.6. The molecule has 0 aromatic carbocycles. The van der Waals surface area contributed by atoms with Crippen molar-refractivity contribution in [1.29, 1.82) is 0 Å². The third-order valence-electron chi connectivity index (χ3n) is 2.22. The predicted octanol–water partition coefficient (Wildman–Crippen LogP) is 5.37. The number of carbonyl (C=O) groups excluding carboxylic acids is 1. The van der Waals surface area contributed by atoms with Gasteiger partial charge in [0, 0.05) is 26.3 Å². The van der Waals surface area contributed by atoms with Gasteiger partial charge >= 0.3 is 0 Å². The van der Waals surface area contributed by atoms with E-state index < -0.39 is 0 Å². The van der Waals surface area contributed by atoms with Gasteiger partial charge in [-0.2, -0.15) is 0 Å². The molecule has 2 aromatic heterocycles. The van der Waals surface area contributed by atoms with Crippen LogP contribution < -0.4 is 0 Å². The van der Waals surface area contributed by atoms with Crippen LogP contribution in [0.4, 0.5) is 0 Å². The summed E-state index contributed by atoms with van der Waals surface area (Å²) in [4.78, 5) is 15.8. The quantitative estimate of drug-likeness (QED) is 0.587. The van der Waals surface area contributed by atoms with E-state index in [0.717, 1.165) is 22.5 Å². The third-order valence-corrected chi connectivity index (χ3v) is 7.14. The van der Waals surface area contributed by atoms with Crippen molar-refractivity contribution < 1.29 is 4.79 Å². The van der Waals surface area contributed by atoms with Gasteiger partial charge in [0.2, 0.25) is 0 Å². The van der Waals surface area contributed by atoms with Crippen LogP contribution in [0, 0.1) is 0 Å². The van der Waals surface area contributed by atoms with Crippen molar-refractivity contribution in [3.05, 3.63) is 40.0 Å². The van der Waals surface area contributed by atoms with Crippen LogP contribution in [0.15, 0.2) is 30.2 Å². The molecule has 2 rings (SSSR count). The summed E-state index contributed by atoms with van der Waals surface area (Å²) in [7, 11) is 1.82. The highest BCUT2D eigenvalue weighted by molar-refractivity contribution is 9.13. The molecule has 0 fully saturated rings. The molecular weight excluding hydrogens is 466 g/mol. The molecule has 0 unspecified atom stereocenters. The second-order valence-corrected chi connectivity index (χ2v) is 8.76. The first-order chi connectivity index (χ1) is 8.47. The largest absolute Gasteiger partial charge is 0.336 e. The van der Waals surface area contributed by atoms with Crippen LogP contribution in [-0.4, -0.2) is 17.9 Å². The SMILES string of the molecule is CN(Cc1cc(Br)cs1)C(=O)c1cc(Br)c(Br)s1. The van der Waals surface area contributed by atoms with Crippen molar-refractivity contribution in [2.75, 3.05) is 7.05 Å². The Labute approximate surface area is 138 Å². The number of rotatable bonds is 3. The van der Waals surface area contributed by atoms with Crippen molar-refractivity contribution in [2.45, 2.75) is 6.54 Å². The first kappa shape index (κ1) is 14.7. The Balaban J connectivity index is 2.09. The molecule has 0 saturated carbocycles. The van der Waals surface area contributed by atoms with E-state index in [1.165, 1.54) is 11.3 Å². The van der Waals surface area contributed by atoms with Gasteiger partial charge in [0.05, 0.1) is 15.2 Å². The highest BCUT2D eigenvalue weighted by atomic mass is 79.9. The molecule has 0 spiro atoms. The Kier molecular flexibility index (Phi) is 5.05. The number of halogens is 3. The molecular formula is C11H8Br3NOS2. The predicted molar refractivity (Wildman–Crippen MR) is 87.5 cm³/mol. The number of carbonyl (C=O) groups is 1. The van der Waals surface area contributed by atoms with Crippen LogP contribution >= 0.6 is 70.5 Å². The Morgan fingerprint density at radius 3 is 2.56 bits per heavy atom. The third kappa shape index (κ3) is 3.45. The molecule has 0 atom stereocenters. The first-order valence-corrected chi connectivity index (χ1v) is 8.98. The van der Waals surface area contributed by atoms with Gasteiger partial charge in [0.15, 0.2) is 0 Å². The fraction of sp³-hybridized carbons (Fsp3) is 0.182. The average Bonchev–Trinajstić information content (AvgIpc) is 2.85. The summed E-state index contributed by atoms with van der Waals surface area (Å²) in [5.41, 5.74) is 0. The van der Waals surface area contributed by atoms with E-state index in [1.54, 1.807) is 16.2 Å². The number of hydrogen-bond donors (Lipinski definition) is 0. The normalized spacial score (nSPS) is 10.7. The summed E-state index contributed by atoms with van der Waals surface area (Å²) in [5, 5.41) is 2.02. The van der Waals surface area contributed by atoms with E-state index in [9.17, 15) is 4.79 Å². The zero-order valence-electron chi connectivity index (χ0n) is 9.25. The molecule has 7 heteroatoms. The van der Waals surface area contributed by atoms with E-state index in [-0.39, 0.29) is 5.91 Å². The van der Waals surface area contributed by atoms with Crippen LogP contribution in [-0.2, 0) is 6.54 Å². The van der Waals surface area contributed by atoms with Crippen LogP contribution in [0.3, 0.4) is 0 Å². The highest BCUT2D eigenvalue weighted by Gasteiger charge is 2.16. The summed E-state index contributed by atoms with van der Waals surface area (Å²) in [6.07, 6.45) is 0. The van der Waals surface area contributed by atoms with Crippen molar-refractivity contribution in [2.24, 2.45) is 0 Å². The van der Waals surface area contributed by atoms with Crippen molar-refractivity contribution in [3.63, 3.8) is 0 Å². The fourth-order valence-electron chi connectivity index (χ4n) is 1.38. The molecule has 0 aliphatic carbocycles. The van der Waals surface area contributed by atoms with E-state index in [1.807, 2.05) is 24.6 Å². The van der Waals surface area contributed by atoms with Crippen molar-refractivity contribution in [3.8, 4) is 0 Å². The molecule has 0 aliphatic rings. The topological polar surface area (TPSA) is 20.3 Å². The summed E-state index contributed by atoms with van der Waals surface area (Å²) in [6, 6.07) is 3.88. The lowest BCUT2D eigenvalue weighted by molar-refractivity contribution is 0.0791. The summed E-state index contributed by atoms with van der Waals surface area (Å²) < 4.78 is 2.92. The Morgan fingerprint density at radius 2 is 2.06 bits per heavy atom. The van der Waals surface area contributed by atoms with Crippen LogP contribution in [0.25, 0.3) is 0 Å². The molecule has 0 saturated heterocycles.